The molecule has 1 saturated carbocycles. The summed E-state index contributed by atoms with van der Waals surface area (Å²) in [6.45, 7) is 2.34. The lowest BCUT2D eigenvalue weighted by molar-refractivity contribution is 0.279. The summed E-state index contributed by atoms with van der Waals surface area (Å²) in [6, 6.07) is 11.8. The highest BCUT2D eigenvalue weighted by molar-refractivity contribution is 8.00. The normalized spacial score (nSPS) is 36.7. The lowest BCUT2D eigenvalue weighted by Gasteiger charge is -2.45. The van der Waals surface area contributed by atoms with E-state index >= 15 is 0 Å². The molecule has 2 heteroatoms. The van der Waals surface area contributed by atoms with E-state index in [1.165, 1.54) is 37.9 Å². The molecule has 1 N–H and O–H groups in total. The van der Waals surface area contributed by atoms with E-state index in [0.717, 1.165) is 5.92 Å². The molecular formula is C16H23NS. The average molecular weight is 261 g/mol. The van der Waals surface area contributed by atoms with Crippen LogP contribution in [0.2, 0.25) is 0 Å². The SMILES string of the molecule is CC1CCSC2(CCC(c3ccccc3)CC2)N1. The molecule has 0 bridgehead atoms. The third-order valence-corrected chi connectivity index (χ3v) is 6.02. The van der Waals surface area contributed by atoms with Crippen LogP contribution in [0.15, 0.2) is 30.3 Å². The Kier molecular flexibility index (Phi) is 3.67. The number of rotatable bonds is 1. The van der Waals surface area contributed by atoms with E-state index in [2.05, 4.69) is 54.3 Å². The van der Waals surface area contributed by atoms with E-state index in [9.17, 15) is 0 Å². The number of hydrogen-bond donors (Lipinski definition) is 1. The van der Waals surface area contributed by atoms with Crippen LogP contribution in [0, 0.1) is 0 Å². The molecule has 1 aliphatic heterocycles. The van der Waals surface area contributed by atoms with Crippen LogP contribution >= 0.6 is 11.8 Å². The number of nitrogens with one attached hydrogen (secondary N) is 1. The lowest BCUT2D eigenvalue weighted by Crippen LogP contribution is -2.52. The molecule has 1 aromatic carbocycles. The molecule has 3 rings (SSSR count). The maximum Gasteiger partial charge on any atom is 0.0647 e. The van der Waals surface area contributed by atoms with Crippen LogP contribution in [0.5, 0.6) is 0 Å². The molecule has 1 aliphatic carbocycles. The first-order chi connectivity index (χ1) is 8.77. The molecule has 1 spiro atoms. The number of thioether (sulfide) groups is 1. The van der Waals surface area contributed by atoms with Crippen LogP contribution in [0.1, 0.15) is 50.5 Å². The van der Waals surface area contributed by atoms with Crippen LogP contribution in [0.25, 0.3) is 0 Å². The Morgan fingerprint density at radius 3 is 2.50 bits per heavy atom. The molecule has 1 aromatic rings. The van der Waals surface area contributed by atoms with Gasteiger partial charge < -0.3 is 5.32 Å². The third kappa shape index (κ3) is 2.60. The summed E-state index contributed by atoms with van der Waals surface area (Å²) in [5, 5.41) is 3.87. The fraction of sp³-hybridized carbons (Fsp3) is 0.625. The molecule has 2 fully saturated rings. The van der Waals surface area contributed by atoms with Gasteiger partial charge in [-0.25, -0.2) is 0 Å². The van der Waals surface area contributed by atoms with Gasteiger partial charge in [-0.05, 0) is 56.3 Å². The molecule has 0 aromatic heterocycles. The summed E-state index contributed by atoms with van der Waals surface area (Å²) >= 11 is 2.18. The zero-order valence-corrected chi connectivity index (χ0v) is 12.0. The Bertz CT molecular complexity index is 381. The fourth-order valence-corrected chi connectivity index (χ4v) is 5.10. The summed E-state index contributed by atoms with van der Waals surface area (Å²) in [5.41, 5.74) is 1.54. The summed E-state index contributed by atoms with van der Waals surface area (Å²) in [5.74, 6) is 2.13. The third-order valence-electron chi connectivity index (χ3n) is 4.50. The minimum Gasteiger partial charge on any atom is -0.300 e. The maximum atomic E-state index is 3.87. The van der Waals surface area contributed by atoms with Crippen LogP contribution in [-0.2, 0) is 0 Å². The highest BCUT2D eigenvalue weighted by Gasteiger charge is 2.38. The molecule has 98 valence electrons. The van der Waals surface area contributed by atoms with Crippen LogP contribution in [0.3, 0.4) is 0 Å². The van der Waals surface area contributed by atoms with Crippen molar-refractivity contribution in [1.29, 1.82) is 0 Å². The average Bonchev–Trinajstić information content (AvgIpc) is 2.40. The highest BCUT2D eigenvalue weighted by Crippen LogP contribution is 2.45. The lowest BCUT2D eigenvalue weighted by atomic mass is 9.81. The van der Waals surface area contributed by atoms with E-state index in [0.29, 0.717) is 10.9 Å². The van der Waals surface area contributed by atoms with E-state index in [1.54, 1.807) is 5.56 Å². The smallest absolute Gasteiger partial charge is 0.0647 e. The van der Waals surface area contributed by atoms with Gasteiger partial charge in [-0.1, -0.05) is 30.3 Å². The Morgan fingerprint density at radius 2 is 1.83 bits per heavy atom. The predicted molar refractivity (Wildman–Crippen MR) is 80.1 cm³/mol. The Balaban J connectivity index is 1.64. The van der Waals surface area contributed by atoms with E-state index in [1.807, 2.05) is 0 Å². The van der Waals surface area contributed by atoms with Gasteiger partial charge in [0.25, 0.3) is 0 Å². The molecule has 1 heterocycles. The van der Waals surface area contributed by atoms with Gasteiger partial charge in [0.05, 0.1) is 4.87 Å². The summed E-state index contributed by atoms with van der Waals surface area (Å²) in [7, 11) is 0. The van der Waals surface area contributed by atoms with Gasteiger partial charge in [-0.3, -0.25) is 0 Å². The minimum absolute atomic E-state index is 0.406. The second-order valence-electron chi connectivity index (χ2n) is 5.86. The maximum absolute atomic E-state index is 3.87. The zero-order valence-electron chi connectivity index (χ0n) is 11.2. The van der Waals surface area contributed by atoms with Gasteiger partial charge in [0, 0.05) is 6.04 Å². The van der Waals surface area contributed by atoms with E-state index in [4.69, 9.17) is 0 Å². The molecule has 1 unspecified atom stereocenters. The van der Waals surface area contributed by atoms with Crippen LogP contribution in [0.4, 0.5) is 0 Å². The Labute approximate surface area is 115 Å². The van der Waals surface area contributed by atoms with Gasteiger partial charge in [0.2, 0.25) is 0 Å². The van der Waals surface area contributed by atoms with Gasteiger partial charge in [-0.2, -0.15) is 0 Å². The van der Waals surface area contributed by atoms with Crippen LogP contribution in [-0.4, -0.2) is 16.7 Å². The first kappa shape index (κ1) is 12.6. The molecule has 0 radical (unpaired) electrons. The van der Waals surface area contributed by atoms with Gasteiger partial charge in [-0.15, -0.1) is 11.8 Å². The summed E-state index contributed by atoms with van der Waals surface area (Å²) in [6.07, 6.45) is 6.69. The largest absolute Gasteiger partial charge is 0.300 e. The first-order valence-corrected chi connectivity index (χ1v) is 8.23. The van der Waals surface area contributed by atoms with Crippen molar-refractivity contribution in [3.63, 3.8) is 0 Å². The number of hydrogen-bond acceptors (Lipinski definition) is 2. The molecule has 1 saturated heterocycles. The topological polar surface area (TPSA) is 12.0 Å². The fourth-order valence-electron chi connectivity index (χ4n) is 3.43. The first-order valence-electron chi connectivity index (χ1n) is 7.24. The monoisotopic (exact) mass is 261 g/mol. The second kappa shape index (κ2) is 5.26. The summed E-state index contributed by atoms with van der Waals surface area (Å²) < 4.78 is 0. The predicted octanol–water partition coefficient (Wildman–Crippen LogP) is 4.16. The van der Waals surface area contributed by atoms with E-state index < -0.39 is 0 Å². The quantitative estimate of drug-likeness (QED) is 0.815. The highest BCUT2D eigenvalue weighted by atomic mass is 32.2. The van der Waals surface area contributed by atoms with Crippen molar-refractivity contribution >= 4 is 11.8 Å². The van der Waals surface area contributed by atoms with Crippen LogP contribution < -0.4 is 5.32 Å². The van der Waals surface area contributed by atoms with Crippen molar-refractivity contribution in [2.24, 2.45) is 0 Å². The molecular weight excluding hydrogens is 238 g/mol. The molecule has 2 aliphatic rings. The van der Waals surface area contributed by atoms with Gasteiger partial charge >= 0.3 is 0 Å². The van der Waals surface area contributed by atoms with Gasteiger partial charge in [0.1, 0.15) is 0 Å². The molecule has 0 amide bonds. The second-order valence-corrected chi connectivity index (χ2v) is 7.34. The Hall–Kier alpha value is -0.470. The van der Waals surface area contributed by atoms with Crippen molar-refractivity contribution in [2.75, 3.05) is 5.75 Å². The molecule has 1 atom stereocenters. The summed E-state index contributed by atoms with van der Waals surface area (Å²) in [4.78, 5) is 0.406. The van der Waals surface area contributed by atoms with E-state index in [-0.39, 0.29) is 0 Å². The minimum atomic E-state index is 0.406. The van der Waals surface area contributed by atoms with Crippen molar-refractivity contribution in [1.82, 2.24) is 5.32 Å². The van der Waals surface area contributed by atoms with Gasteiger partial charge in [0.15, 0.2) is 0 Å². The van der Waals surface area contributed by atoms with Crippen molar-refractivity contribution < 1.29 is 0 Å². The van der Waals surface area contributed by atoms with Crippen molar-refractivity contribution in [3.8, 4) is 0 Å². The Morgan fingerprint density at radius 1 is 1.11 bits per heavy atom. The molecule has 1 nitrogen and oxygen atoms in total. The van der Waals surface area contributed by atoms with Crippen molar-refractivity contribution in [3.05, 3.63) is 35.9 Å². The number of benzene rings is 1. The molecule has 18 heavy (non-hydrogen) atoms. The van der Waals surface area contributed by atoms with Crippen molar-refractivity contribution in [2.45, 2.75) is 55.9 Å². The standard InChI is InChI=1S/C16H23NS/c1-13-9-12-18-16(17-13)10-7-15(8-11-16)14-5-3-2-4-6-14/h2-6,13,15,17H,7-12H2,1H3. The zero-order chi connectivity index (χ0) is 12.4.